The van der Waals surface area contributed by atoms with Crippen molar-refractivity contribution in [3.05, 3.63) is 74.6 Å². The van der Waals surface area contributed by atoms with Crippen LogP contribution in [-0.4, -0.2) is 0 Å². The Bertz CT molecular complexity index is 899. The second kappa shape index (κ2) is 7.67. The highest BCUT2D eigenvalue weighted by Crippen LogP contribution is 2.25. The molecule has 0 aliphatic rings. The predicted octanol–water partition coefficient (Wildman–Crippen LogP) is 5.48. The van der Waals surface area contributed by atoms with E-state index in [2.05, 4.69) is 22.9 Å². The Labute approximate surface area is 149 Å². The van der Waals surface area contributed by atoms with Crippen molar-refractivity contribution in [3.63, 3.8) is 0 Å². The number of hydrogen-bond donors (Lipinski definition) is 0. The number of hydrogen-bond acceptors (Lipinski definition) is 3. The van der Waals surface area contributed by atoms with Crippen LogP contribution in [0, 0.1) is 0 Å². The van der Waals surface area contributed by atoms with Gasteiger partial charge in [-0.2, -0.15) is 0 Å². The van der Waals surface area contributed by atoms with Crippen LogP contribution in [0.15, 0.2) is 62.2 Å². The lowest BCUT2D eigenvalue weighted by molar-refractivity contribution is 0.305. The fraction of sp³-hybridized carbons (Fsp3) is 0.250. The van der Waals surface area contributed by atoms with Crippen LogP contribution in [-0.2, 0) is 13.0 Å². The van der Waals surface area contributed by atoms with Crippen molar-refractivity contribution in [3.8, 4) is 5.75 Å². The smallest absolute Gasteiger partial charge is 0.336 e. The van der Waals surface area contributed by atoms with Gasteiger partial charge in [0.1, 0.15) is 17.9 Å². The molecule has 124 valence electrons. The first-order chi connectivity index (χ1) is 11.7. The van der Waals surface area contributed by atoms with Gasteiger partial charge in [-0.3, -0.25) is 0 Å². The predicted molar refractivity (Wildman–Crippen MR) is 99.6 cm³/mol. The van der Waals surface area contributed by atoms with Crippen LogP contribution < -0.4 is 10.4 Å². The molecule has 0 aliphatic heterocycles. The van der Waals surface area contributed by atoms with Gasteiger partial charge in [-0.05, 0) is 36.6 Å². The Morgan fingerprint density at radius 2 is 1.92 bits per heavy atom. The summed E-state index contributed by atoms with van der Waals surface area (Å²) in [4.78, 5) is 11.8. The van der Waals surface area contributed by atoms with Crippen molar-refractivity contribution in [2.75, 3.05) is 0 Å². The van der Waals surface area contributed by atoms with Gasteiger partial charge >= 0.3 is 5.63 Å². The quantitative estimate of drug-likeness (QED) is 0.526. The molecule has 0 bridgehead atoms. The molecule has 24 heavy (non-hydrogen) atoms. The first kappa shape index (κ1) is 16.8. The SMILES string of the molecule is CCCCc1cc(=O)oc2cc(OCc3ccccc3Br)ccc12. The number of benzene rings is 2. The maximum absolute atomic E-state index is 11.8. The average Bonchev–Trinajstić information content (AvgIpc) is 2.58. The molecular weight excluding hydrogens is 368 g/mol. The van der Waals surface area contributed by atoms with Crippen LogP contribution in [0.1, 0.15) is 30.9 Å². The highest BCUT2D eigenvalue weighted by molar-refractivity contribution is 9.10. The van der Waals surface area contributed by atoms with Crippen molar-refractivity contribution in [2.45, 2.75) is 32.8 Å². The van der Waals surface area contributed by atoms with Gasteiger partial charge < -0.3 is 9.15 Å². The van der Waals surface area contributed by atoms with Gasteiger partial charge in [-0.1, -0.05) is 47.5 Å². The monoisotopic (exact) mass is 386 g/mol. The Kier molecular flexibility index (Phi) is 5.36. The third-order valence-corrected chi connectivity index (χ3v) is 4.73. The molecule has 0 aliphatic carbocycles. The van der Waals surface area contributed by atoms with Crippen molar-refractivity contribution < 1.29 is 9.15 Å². The van der Waals surface area contributed by atoms with Gasteiger partial charge in [-0.15, -0.1) is 0 Å². The molecule has 0 amide bonds. The number of aryl methyl sites for hydroxylation is 1. The minimum absolute atomic E-state index is 0.309. The van der Waals surface area contributed by atoms with E-state index < -0.39 is 0 Å². The number of ether oxygens (including phenoxy) is 1. The van der Waals surface area contributed by atoms with Gasteiger partial charge in [-0.25, -0.2) is 4.79 Å². The Morgan fingerprint density at radius 1 is 1.08 bits per heavy atom. The van der Waals surface area contributed by atoms with E-state index >= 15 is 0 Å². The molecule has 0 radical (unpaired) electrons. The van der Waals surface area contributed by atoms with Gasteiger partial charge in [0.2, 0.25) is 0 Å². The first-order valence-electron chi connectivity index (χ1n) is 8.10. The van der Waals surface area contributed by atoms with Gasteiger partial charge in [0, 0.05) is 27.6 Å². The van der Waals surface area contributed by atoms with E-state index in [9.17, 15) is 4.79 Å². The molecule has 0 N–H and O–H groups in total. The molecule has 3 nitrogen and oxygen atoms in total. The molecule has 0 saturated carbocycles. The van der Waals surface area contributed by atoms with E-state index in [4.69, 9.17) is 9.15 Å². The standard InChI is InChI=1S/C20H19BrO3/c1-2-3-6-14-11-20(22)24-19-12-16(9-10-17(14)19)23-13-15-7-4-5-8-18(15)21/h4-5,7-12H,2-3,6,13H2,1H3. The number of unbranched alkanes of at least 4 members (excludes halogenated alkanes) is 1. The maximum Gasteiger partial charge on any atom is 0.336 e. The summed E-state index contributed by atoms with van der Waals surface area (Å²) in [5.74, 6) is 0.689. The molecule has 0 unspecified atom stereocenters. The van der Waals surface area contributed by atoms with Gasteiger partial charge in [0.25, 0.3) is 0 Å². The van der Waals surface area contributed by atoms with Crippen molar-refractivity contribution >= 4 is 26.9 Å². The zero-order valence-corrected chi connectivity index (χ0v) is 15.1. The molecular formula is C20H19BrO3. The Balaban J connectivity index is 1.86. The molecule has 0 saturated heterocycles. The summed E-state index contributed by atoms with van der Waals surface area (Å²) in [5.41, 5.74) is 2.38. The molecule has 1 aromatic heterocycles. The number of halogens is 1. The Morgan fingerprint density at radius 3 is 2.71 bits per heavy atom. The largest absolute Gasteiger partial charge is 0.489 e. The van der Waals surface area contributed by atoms with E-state index in [1.54, 1.807) is 12.1 Å². The summed E-state index contributed by atoms with van der Waals surface area (Å²) in [6.07, 6.45) is 3.03. The van der Waals surface area contributed by atoms with E-state index in [-0.39, 0.29) is 5.63 Å². The van der Waals surface area contributed by atoms with Crippen molar-refractivity contribution in [2.24, 2.45) is 0 Å². The van der Waals surface area contributed by atoms with Crippen LogP contribution >= 0.6 is 15.9 Å². The fourth-order valence-corrected chi connectivity index (χ4v) is 3.05. The maximum atomic E-state index is 11.8. The molecule has 0 atom stereocenters. The summed E-state index contributed by atoms with van der Waals surface area (Å²) in [6, 6.07) is 15.2. The summed E-state index contributed by atoms with van der Waals surface area (Å²) in [6.45, 7) is 2.59. The zero-order chi connectivity index (χ0) is 16.9. The van der Waals surface area contributed by atoms with E-state index in [1.165, 1.54) is 0 Å². The van der Waals surface area contributed by atoms with Crippen molar-refractivity contribution in [1.29, 1.82) is 0 Å². The zero-order valence-electron chi connectivity index (χ0n) is 13.5. The summed E-state index contributed by atoms with van der Waals surface area (Å²) >= 11 is 3.51. The highest BCUT2D eigenvalue weighted by Gasteiger charge is 2.08. The van der Waals surface area contributed by atoms with Crippen molar-refractivity contribution in [1.82, 2.24) is 0 Å². The number of rotatable bonds is 6. The second-order valence-electron chi connectivity index (χ2n) is 5.73. The lowest BCUT2D eigenvalue weighted by Gasteiger charge is -2.10. The molecule has 2 aromatic carbocycles. The van der Waals surface area contributed by atoms with Crippen LogP contribution in [0.5, 0.6) is 5.75 Å². The lowest BCUT2D eigenvalue weighted by atomic mass is 10.0. The summed E-state index contributed by atoms with van der Waals surface area (Å²) < 4.78 is 12.2. The molecule has 3 aromatic rings. The number of fused-ring (bicyclic) bond motifs is 1. The summed E-state index contributed by atoms with van der Waals surface area (Å²) in [5, 5.41) is 0.983. The second-order valence-corrected chi connectivity index (χ2v) is 6.59. The normalized spacial score (nSPS) is 10.9. The minimum atomic E-state index is -0.309. The van der Waals surface area contributed by atoms with Crippen LogP contribution in [0.25, 0.3) is 11.0 Å². The fourth-order valence-electron chi connectivity index (χ4n) is 2.65. The molecule has 0 spiro atoms. The third kappa shape index (κ3) is 3.88. The lowest BCUT2D eigenvalue weighted by Crippen LogP contribution is -2.01. The molecule has 1 heterocycles. The minimum Gasteiger partial charge on any atom is -0.489 e. The van der Waals surface area contributed by atoms with Gasteiger partial charge in [0.05, 0.1) is 0 Å². The molecule has 0 fully saturated rings. The highest BCUT2D eigenvalue weighted by atomic mass is 79.9. The summed E-state index contributed by atoms with van der Waals surface area (Å²) in [7, 11) is 0. The topological polar surface area (TPSA) is 39.4 Å². The molecule has 4 heteroatoms. The van der Waals surface area contributed by atoms with E-state index in [0.717, 1.165) is 40.2 Å². The average molecular weight is 387 g/mol. The van der Waals surface area contributed by atoms with Crippen LogP contribution in [0.2, 0.25) is 0 Å². The van der Waals surface area contributed by atoms with E-state index in [0.29, 0.717) is 17.9 Å². The molecule has 3 rings (SSSR count). The van der Waals surface area contributed by atoms with Gasteiger partial charge in [0.15, 0.2) is 0 Å². The first-order valence-corrected chi connectivity index (χ1v) is 8.89. The Hall–Kier alpha value is -2.07. The van der Waals surface area contributed by atoms with Crippen LogP contribution in [0.3, 0.4) is 0 Å². The third-order valence-electron chi connectivity index (χ3n) is 3.95. The van der Waals surface area contributed by atoms with E-state index in [1.807, 2.05) is 36.4 Å². The van der Waals surface area contributed by atoms with Crippen LogP contribution in [0.4, 0.5) is 0 Å².